The number of hydrogen-bond acceptors (Lipinski definition) is 5. The molecule has 6 heteroatoms. The van der Waals surface area contributed by atoms with Gasteiger partial charge in [0.1, 0.15) is 15.6 Å². The Balaban J connectivity index is 2.50. The maximum Gasteiger partial charge on any atom is 0.147 e. The third kappa shape index (κ3) is 4.34. The molecule has 0 fully saturated rings. The fourth-order valence-electron chi connectivity index (χ4n) is 1.54. The summed E-state index contributed by atoms with van der Waals surface area (Å²) in [5.74, 6) is 6.42. The summed E-state index contributed by atoms with van der Waals surface area (Å²) in [7, 11) is -2.90. The summed E-state index contributed by atoms with van der Waals surface area (Å²) in [5, 5.41) is 0. The van der Waals surface area contributed by atoms with E-state index < -0.39 is 9.84 Å². The second-order valence-corrected chi connectivity index (χ2v) is 6.24. The molecule has 0 bridgehead atoms. The molecule has 1 unspecified atom stereocenters. The highest BCUT2D eigenvalue weighted by molar-refractivity contribution is 7.90. The lowest BCUT2D eigenvalue weighted by Gasteiger charge is -2.13. The Bertz CT molecular complexity index is 425. The molecule has 5 nitrogen and oxygen atoms in total. The number of sulfone groups is 1. The van der Waals surface area contributed by atoms with Crippen LogP contribution in [0.5, 0.6) is 0 Å². The van der Waals surface area contributed by atoms with Gasteiger partial charge in [-0.1, -0.05) is 0 Å². The first-order valence-electron chi connectivity index (χ1n) is 5.11. The van der Waals surface area contributed by atoms with Gasteiger partial charge in [0.25, 0.3) is 0 Å². The van der Waals surface area contributed by atoms with Crippen LogP contribution >= 0.6 is 0 Å². The van der Waals surface area contributed by atoms with Crippen molar-refractivity contribution in [1.29, 1.82) is 0 Å². The second kappa shape index (κ2) is 5.47. The fourth-order valence-corrected chi connectivity index (χ4v) is 2.23. The molecular formula is C10H18N2O3S. The van der Waals surface area contributed by atoms with Gasteiger partial charge in [0.2, 0.25) is 0 Å². The lowest BCUT2D eigenvalue weighted by Crippen LogP contribution is -2.28. The molecule has 0 aliphatic heterocycles. The SMILES string of the molecule is Cc1cc(C(CCCS(C)(=O)=O)NN)co1. The number of aryl methyl sites for hydroxylation is 1. The van der Waals surface area contributed by atoms with E-state index in [0.29, 0.717) is 12.8 Å². The first-order chi connectivity index (χ1) is 7.42. The monoisotopic (exact) mass is 246 g/mol. The molecule has 1 atom stereocenters. The minimum Gasteiger partial charge on any atom is -0.469 e. The molecule has 0 aliphatic rings. The average molecular weight is 246 g/mol. The Labute approximate surface area is 95.9 Å². The molecule has 16 heavy (non-hydrogen) atoms. The van der Waals surface area contributed by atoms with Gasteiger partial charge in [0, 0.05) is 23.6 Å². The Morgan fingerprint density at radius 3 is 2.69 bits per heavy atom. The minimum absolute atomic E-state index is 0.0563. The van der Waals surface area contributed by atoms with Crippen LogP contribution in [0.4, 0.5) is 0 Å². The molecule has 1 aromatic rings. The average Bonchev–Trinajstić information content (AvgIpc) is 2.58. The normalized spacial score (nSPS) is 13.9. The molecule has 0 aliphatic carbocycles. The Morgan fingerprint density at radius 1 is 1.56 bits per heavy atom. The molecule has 1 aromatic heterocycles. The van der Waals surface area contributed by atoms with E-state index in [9.17, 15) is 8.42 Å². The van der Waals surface area contributed by atoms with Gasteiger partial charge < -0.3 is 4.42 Å². The molecule has 1 heterocycles. The van der Waals surface area contributed by atoms with Gasteiger partial charge in [-0.2, -0.15) is 0 Å². The van der Waals surface area contributed by atoms with Crippen molar-refractivity contribution in [1.82, 2.24) is 5.43 Å². The van der Waals surface area contributed by atoms with Crippen LogP contribution in [0, 0.1) is 6.92 Å². The van der Waals surface area contributed by atoms with Gasteiger partial charge >= 0.3 is 0 Å². The smallest absolute Gasteiger partial charge is 0.147 e. The van der Waals surface area contributed by atoms with E-state index in [1.807, 2.05) is 13.0 Å². The van der Waals surface area contributed by atoms with E-state index in [-0.39, 0.29) is 11.8 Å². The van der Waals surface area contributed by atoms with Crippen molar-refractivity contribution in [2.24, 2.45) is 5.84 Å². The molecule has 0 aromatic carbocycles. The molecule has 1 rings (SSSR count). The summed E-state index contributed by atoms with van der Waals surface area (Å²) in [4.78, 5) is 0. The zero-order valence-corrected chi connectivity index (χ0v) is 10.4. The van der Waals surface area contributed by atoms with Gasteiger partial charge in [-0.05, 0) is 25.8 Å². The minimum atomic E-state index is -2.90. The van der Waals surface area contributed by atoms with Crippen LogP contribution in [0.2, 0.25) is 0 Å². The van der Waals surface area contributed by atoms with Gasteiger partial charge in [0.15, 0.2) is 0 Å². The Morgan fingerprint density at radius 2 is 2.25 bits per heavy atom. The molecule has 0 saturated carbocycles. The lowest BCUT2D eigenvalue weighted by molar-refractivity contribution is 0.490. The molecule has 0 saturated heterocycles. The molecule has 92 valence electrons. The quantitative estimate of drug-likeness (QED) is 0.576. The maximum atomic E-state index is 11.0. The molecule has 3 N–H and O–H groups in total. The van der Waals surface area contributed by atoms with Crippen LogP contribution in [0.1, 0.15) is 30.2 Å². The highest BCUT2D eigenvalue weighted by Gasteiger charge is 2.13. The Kier molecular flexibility index (Phi) is 4.52. The van der Waals surface area contributed by atoms with Crippen LogP contribution < -0.4 is 11.3 Å². The number of hydrazine groups is 1. The lowest BCUT2D eigenvalue weighted by atomic mass is 10.1. The third-order valence-corrected chi connectivity index (χ3v) is 3.39. The summed E-state index contributed by atoms with van der Waals surface area (Å²) in [6, 6.07) is 1.84. The van der Waals surface area contributed by atoms with E-state index in [2.05, 4.69) is 5.43 Å². The van der Waals surface area contributed by atoms with Gasteiger partial charge in [-0.15, -0.1) is 0 Å². The first-order valence-corrected chi connectivity index (χ1v) is 7.17. The van der Waals surface area contributed by atoms with E-state index in [4.69, 9.17) is 10.3 Å². The fraction of sp³-hybridized carbons (Fsp3) is 0.600. The number of nitrogens with one attached hydrogen (secondary N) is 1. The van der Waals surface area contributed by atoms with Crippen molar-refractivity contribution in [3.8, 4) is 0 Å². The third-order valence-electron chi connectivity index (χ3n) is 2.36. The molecule has 0 spiro atoms. The number of nitrogens with two attached hydrogens (primary N) is 1. The van der Waals surface area contributed by atoms with Crippen LogP contribution in [-0.2, 0) is 9.84 Å². The standard InChI is InChI=1S/C10H18N2O3S/c1-8-6-9(7-15-8)10(12-11)4-3-5-16(2,13)14/h6-7,10,12H,3-5,11H2,1-2H3. The topological polar surface area (TPSA) is 85.3 Å². The number of hydrogen-bond donors (Lipinski definition) is 2. The van der Waals surface area contributed by atoms with Crippen LogP contribution in [-0.4, -0.2) is 20.4 Å². The van der Waals surface area contributed by atoms with Crippen molar-refractivity contribution in [3.05, 3.63) is 23.7 Å². The number of rotatable bonds is 6. The summed E-state index contributed by atoms with van der Waals surface area (Å²) in [6.45, 7) is 1.85. The summed E-state index contributed by atoms with van der Waals surface area (Å²) >= 11 is 0. The molecule has 0 amide bonds. The Hall–Kier alpha value is -0.850. The van der Waals surface area contributed by atoms with Crippen molar-refractivity contribution in [3.63, 3.8) is 0 Å². The van der Waals surface area contributed by atoms with Crippen molar-refractivity contribution >= 4 is 9.84 Å². The van der Waals surface area contributed by atoms with E-state index >= 15 is 0 Å². The van der Waals surface area contributed by atoms with Crippen LogP contribution in [0.15, 0.2) is 16.7 Å². The maximum absolute atomic E-state index is 11.0. The summed E-state index contributed by atoms with van der Waals surface area (Å²) in [5.41, 5.74) is 3.62. The predicted molar refractivity (Wildman–Crippen MR) is 62.5 cm³/mol. The van der Waals surface area contributed by atoms with Gasteiger partial charge in [0.05, 0.1) is 6.26 Å². The summed E-state index contributed by atoms with van der Waals surface area (Å²) < 4.78 is 27.1. The van der Waals surface area contributed by atoms with E-state index in [0.717, 1.165) is 11.3 Å². The molecular weight excluding hydrogens is 228 g/mol. The molecule has 0 radical (unpaired) electrons. The van der Waals surface area contributed by atoms with Crippen molar-refractivity contribution in [2.45, 2.75) is 25.8 Å². The van der Waals surface area contributed by atoms with Crippen LogP contribution in [0.25, 0.3) is 0 Å². The zero-order chi connectivity index (χ0) is 12.2. The second-order valence-electron chi connectivity index (χ2n) is 3.98. The van der Waals surface area contributed by atoms with Gasteiger partial charge in [-0.3, -0.25) is 11.3 Å². The van der Waals surface area contributed by atoms with Crippen molar-refractivity contribution < 1.29 is 12.8 Å². The first kappa shape index (κ1) is 13.2. The van der Waals surface area contributed by atoms with Gasteiger partial charge in [-0.25, -0.2) is 8.42 Å². The zero-order valence-electron chi connectivity index (χ0n) is 9.56. The van der Waals surface area contributed by atoms with E-state index in [1.54, 1.807) is 6.26 Å². The predicted octanol–water partition coefficient (Wildman–Crippen LogP) is 0.917. The highest BCUT2D eigenvalue weighted by atomic mass is 32.2. The number of furan rings is 1. The summed E-state index contributed by atoms with van der Waals surface area (Å²) in [6.07, 6.45) is 4.13. The van der Waals surface area contributed by atoms with Crippen LogP contribution in [0.3, 0.4) is 0 Å². The van der Waals surface area contributed by atoms with E-state index in [1.165, 1.54) is 6.26 Å². The highest BCUT2D eigenvalue weighted by Crippen LogP contribution is 2.20. The largest absolute Gasteiger partial charge is 0.469 e. The van der Waals surface area contributed by atoms with Crippen molar-refractivity contribution in [2.75, 3.05) is 12.0 Å².